The third-order valence-corrected chi connectivity index (χ3v) is 1.88. The predicted octanol–water partition coefficient (Wildman–Crippen LogP) is 4.32. The lowest BCUT2D eigenvalue weighted by molar-refractivity contribution is -0.179. The first-order chi connectivity index (χ1) is 6.28. The minimum Gasteiger partial charge on any atom is -0.166 e. The van der Waals surface area contributed by atoms with Gasteiger partial charge in [0.2, 0.25) is 0 Å². The van der Waals surface area contributed by atoms with Gasteiger partial charge in [-0.3, -0.25) is 0 Å². The number of rotatable bonds is 0. The van der Waals surface area contributed by atoms with Crippen molar-refractivity contribution in [3.63, 3.8) is 0 Å². The quantitative estimate of drug-likeness (QED) is 0.584. The van der Waals surface area contributed by atoms with Gasteiger partial charge in [-0.05, 0) is 15.9 Å². The van der Waals surface area contributed by atoms with E-state index in [9.17, 15) is 39.5 Å². The SMILES string of the molecule is FC(F)(F)C(Br)=C(C(F)(F)F)C(F)(F)F. The van der Waals surface area contributed by atoms with Crippen molar-refractivity contribution in [2.75, 3.05) is 0 Å². The number of hydrogen-bond acceptors (Lipinski definition) is 0. The average Bonchev–Trinajstić information content (AvgIpc) is 1.76. The molecule has 0 fully saturated rings. The van der Waals surface area contributed by atoms with Crippen molar-refractivity contribution in [3.8, 4) is 0 Å². The van der Waals surface area contributed by atoms with Crippen LogP contribution >= 0.6 is 15.9 Å². The van der Waals surface area contributed by atoms with Crippen LogP contribution in [0.2, 0.25) is 0 Å². The second-order valence-electron chi connectivity index (χ2n) is 2.18. The third-order valence-electron chi connectivity index (χ3n) is 1.04. The summed E-state index contributed by atoms with van der Waals surface area (Å²) in [5.74, 6) is 0. The zero-order valence-corrected chi connectivity index (χ0v) is 7.87. The monoisotopic (exact) mass is 310 g/mol. The molecule has 0 N–H and O–H groups in total. The van der Waals surface area contributed by atoms with E-state index in [0.717, 1.165) is 0 Å². The smallest absolute Gasteiger partial charge is 0.166 e. The Labute approximate surface area is 84.9 Å². The maximum atomic E-state index is 11.7. The molecule has 0 nitrogen and oxygen atoms in total. The van der Waals surface area contributed by atoms with Crippen LogP contribution in [0.3, 0.4) is 0 Å². The first-order valence-corrected chi connectivity index (χ1v) is 3.68. The Balaban J connectivity index is 5.71. The van der Waals surface area contributed by atoms with Gasteiger partial charge in [0.15, 0.2) is 5.57 Å². The lowest BCUT2D eigenvalue weighted by atomic mass is 10.2. The highest BCUT2D eigenvalue weighted by molar-refractivity contribution is 9.11. The van der Waals surface area contributed by atoms with Gasteiger partial charge in [0, 0.05) is 0 Å². The molecule has 0 aromatic rings. The summed E-state index contributed by atoms with van der Waals surface area (Å²) in [4.78, 5) is 0. The van der Waals surface area contributed by atoms with Gasteiger partial charge in [0.1, 0.15) is 4.48 Å². The zero-order valence-electron chi connectivity index (χ0n) is 6.28. The Morgan fingerprint density at radius 1 is 0.600 bits per heavy atom. The summed E-state index contributed by atoms with van der Waals surface area (Å²) in [5.41, 5.74) is -3.61. The fourth-order valence-electron chi connectivity index (χ4n) is 0.551. The first-order valence-electron chi connectivity index (χ1n) is 2.89. The topological polar surface area (TPSA) is 0 Å². The Bertz CT molecular complexity index is 248. The number of allylic oxidation sites excluding steroid dienone is 2. The molecule has 0 aromatic carbocycles. The van der Waals surface area contributed by atoms with Crippen LogP contribution in [0, 0.1) is 0 Å². The molecule has 0 radical (unpaired) electrons. The Morgan fingerprint density at radius 3 is 0.933 bits per heavy atom. The van der Waals surface area contributed by atoms with Gasteiger partial charge in [-0.25, -0.2) is 0 Å². The lowest BCUT2D eigenvalue weighted by Gasteiger charge is -2.18. The molecule has 0 atom stereocenters. The van der Waals surface area contributed by atoms with Crippen molar-refractivity contribution in [1.82, 2.24) is 0 Å². The summed E-state index contributed by atoms with van der Waals surface area (Å²) in [5, 5.41) is 0. The van der Waals surface area contributed by atoms with Gasteiger partial charge >= 0.3 is 18.5 Å². The lowest BCUT2D eigenvalue weighted by Crippen LogP contribution is -2.30. The van der Waals surface area contributed by atoms with Crippen molar-refractivity contribution in [2.45, 2.75) is 18.5 Å². The zero-order chi connectivity index (χ0) is 12.7. The molecule has 0 rings (SSSR count). The van der Waals surface area contributed by atoms with Crippen LogP contribution in [-0.2, 0) is 0 Å². The van der Waals surface area contributed by atoms with Gasteiger partial charge in [-0.15, -0.1) is 0 Å². The maximum absolute atomic E-state index is 11.7. The highest BCUT2D eigenvalue weighted by Crippen LogP contribution is 2.46. The molecule has 0 amide bonds. The van der Waals surface area contributed by atoms with Crippen LogP contribution in [-0.4, -0.2) is 18.5 Å². The van der Waals surface area contributed by atoms with Gasteiger partial charge in [0.25, 0.3) is 0 Å². The molecule has 0 aliphatic rings. The van der Waals surface area contributed by atoms with Gasteiger partial charge in [0.05, 0.1) is 0 Å². The van der Waals surface area contributed by atoms with Crippen LogP contribution in [0.15, 0.2) is 10.1 Å². The molecule has 0 unspecified atom stereocenters. The molecule has 10 heteroatoms. The van der Waals surface area contributed by atoms with Crippen LogP contribution < -0.4 is 0 Å². The van der Waals surface area contributed by atoms with Crippen molar-refractivity contribution in [2.24, 2.45) is 0 Å². The van der Waals surface area contributed by atoms with Crippen LogP contribution in [0.25, 0.3) is 0 Å². The Morgan fingerprint density at radius 2 is 0.867 bits per heavy atom. The number of hydrogen-bond donors (Lipinski definition) is 0. The molecular weight excluding hydrogens is 311 g/mol. The van der Waals surface area contributed by atoms with E-state index in [0.29, 0.717) is 0 Å². The second-order valence-corrected chi connectivity index (χ2v) is 2.98. The van der Waals surface area contributed by atoms with E-state index >= 15 is 0 Å². The molecule has 0 saturated carbocycles. The molecule has 0 saturated heterocycles. The highest BCUT2D eigenvalue weighted by Gasteiger charge is 2.56. The molecule has 15 heavy (non-hydrogen) atoms. The Hall–Kier alpha value is -0.410. The van der Waals surface area contributed by atoms with E-state index in [1.165, 1.54) is 15.9 Å². The van der Waals surface area contributed by atoms with Crippen molar-refractivity contribution in [1.29, 1.82) is 0 Å². The average molecular weight is 311 g/mol. The summed E-state index contributed by atoms with van der Waals surface area (Å²) in [6, 6.07) is 0. The standard InChI is InChI=1S/C5BrF9/c6-2(5(13,14)15)1(3(7,8)9)4(10,11)12. The molecule has 90 valence electrons. The number of alkyl halides is 9. The van der Waals surface area contributed by atoms with E-state index in [-0.39, 0.29) is 0 Å². The van der Waals surface area contributed by atoms with E-state index in [1.807, 2.05) is 0 Å². The van der Waals surface area contributed by atoms with E-state index in [2.05, 4.69) is 0 Å². The normalized spacial score (nSPS) is 14.0. The van der Waals surface area contributed by atoms with Crippen LogP contribution in [0.1, 0.15) is 0 Å². The number of halogens is 10. The molecule has 0 bridgehead atoms. The van der Waals surface area contributed by atoms with Crippen molar-refractivity contribution >= 4 is 15.9 Å². The van der Waals surface area contributed by atoms with Gasteiger partial charge < -0.3 is 0 Å². The summed E-state index contributed by atoms with van der Waals surface area (Å²) in [6.45, 7) is 0. The van der Waals surface area contributed by atoms with Gasteiger partial charge in [-0.2, -0.15) is 39.5 Å². The highest BCUT2D eigenvalue weighted by atomic mass is 79.9. The Kier molecular flexibility index (Phi) is 3.77. The largest absolute Gasteiger partial charge is 0.423 e. The predicted molar refractivity (Wildman–Crippen MR) is 34.1 cm³/mol. The molecule has 0 spiro atoms. The third kappa shape index (κ3) is 3.92. The summed E-state index contributed by atoms with van der Waals surface area (Å²) in [7, 11) is 0. The summed E-state index contributed by atoms with van der Waals surface area (Å²) >= 11 is 1.25. The minimum absolute atomic E-state index is 1.25. The van der Waals surface area contributed by atoms with Crippen molar-refractivity contribution < 1.29 is 39.5 Å². The fourth-order valence-corrected chi connectivity index (χ4v) is 1.00. The van der Waals surface area contributed by atoms with E-state index < -0.39 is 28.6 Å². The molecule has 0 aliphatic heterocycles. The van der Waals surface area contributed by atoms with Gasteiger partial charge in [-0.1, -0.05) is 0 Å². The molecule has 0 aromatic heterocycles. The van der Waals surface area contributed by atoms with Crippen molar-refractivity contribution in [3.05, 3.63) is 10.1 Å². The molecular formula is C5BrF9. The summed E-state index contributed by atoms with van der Waals surface area (Å²) in [6.07, 6.45) is -18.0. The first kappa shape index (κ1) is 14.6. The second kappa shape index (κ2) is 3.87. The summed E-state index contributed by atoms with van der Waals surface area (Å²) < 4.78 is 102. The van der Waals surface area contributed by atoms with E-state index in [1.54, 1.807) is 0 Å². The minimum atomic E-state index is -6.13. The van der Waals surface area contributed by atoms with Crippen LogP contribution in [0.4, 0.5) is 39.5 Å². The van der Waals surface area contributed by atoms with E-state index in [4.69, 9.17) is 0 Å². The van der Waals surface area contributed by atoms with Crippen LogP contribution in [0.5, 0.6) is 0 Å². The maximum Gasteiger partial charge on any atom is 0.423 e. The fraction of sp³-hybridized carbons (Fsp3) is 0.600. The molecule has 0 aliphatic carbocycles. The molecule has 0 heterocycles.